The van der Waals surface area contributed by atoms with Gasteiger partial charge in [-0.1, -0.05) is 25.7 Å². The summed E-state index contributed by atoms with van der Waals surface area (Å²) in [5.74, 6) is 0.805. The minimum Gasteiger partial charge on any atom is -0.313 e. The van der Waals surface area contributed by atoms with Gasteiger partial charge in [-0.25, -0.2) is 4.39 Å². The molecule has 0 heterocycles. The molecule has 1 rings (SSSR count). The van der Waals surface area contributed by atoms with Crippen LogP contribution in [0.2, 0.25) is 0 Å². The predicted octanol–water partition coefficient (Wildman–Crippen LogP) is 4.50. The van der Waals surface area contributed by atoms with E-state index in [2.05, 4.69) is 0 Å². The highest BCUT2D eigenvalue weighted by Gasteiger charge is 2.19. The lowest BCUT2D eigenvalue weighted by Gasteiger charge is -2.23. The van der Waals surface area contributed by atoms with Crippen LogP contribution >= 0.6 is 0 Å². The molecule has 0 unspecified atom stereocenters. The van der Waals surface area contributed by atoms with Crippen molar-refractivity contribution in [2.75, 3.05) is 0 Å². The zero-order chi connectivity index (χ0) is 10.9. The van der Waals surface area contributed by atoms with Gasteiger partial charge in [0.1, 0.15) is 6.17 Å². The molecular formula is C13H24FN. The number of hydrogen-bond acceptors (Lipinski definition) is 1. The van der Waals surface area contributed by atoms with E-state index in [0.717, 1.165) is 38.0 Å². The monoisotopic (exact) mass is 213 g/mol. The van der Waals surface area contributed by atoms with Crippen molar-refractivity contribution in [2.24, 2.45) is 5.92 Å². The maximum Gasteiger partial charge on any atom is 0.100 e. The summed E-state index contributed by atoms with van der Waals surface area (Å²) < 4.78 is 12.9. The fourth-order valence-corrected chi connectivity index (χ4v) is 2.44. The molecule has 0 aromatic heterocycles. The predicted molar refractivity (Wildman–Crippen MR) is 63.3 cm³/mol. The molecule has 0 aliphatic heterocycles. The Kier molecular flexibility index (Phi) is 6.62. The molecule has 1 fully saturated rings. The fraction of sp³-hybridized carbons (Fsp3) is 0.923. The smallest absolute Gasteiger partial charge is 0.100 e. The molecule has 0 spiro atoms. The van der Waals surface area contributed by atoms with E-state index in [4.69, 9.17) is 5.41 Å². The van der Waals surface area contributed by atoms with E-state index in [0.29, 0.717) is 0 Å². The summed E-state index contributed by atoms with van der Waals surface area (Å²) >= 11 is 0. The molecule has 0 aromatic carbocycles. The average Bonchev–Trinajstić information content (AvgIpc) is 2.26. The van der Waals surface area contributed by atoms with Crippen molar-refractivity contribution in [3.05, 3.63) is 0 Å². The summed E-state index contributed by atoms with van der Waals surface area (Å²) in [5, 5.41) is 6.90. The Morgan fingerprint density at radius 3 is 2.33 bits per heavy atom. The van der Waals surface area contributed by atoms with Crippen LogP contribution in [0.1, 0.15) is 64.2 Å². The second-order valence-electron chi connectivity index (χ2n) is 4.81. The first-order chi connectivity index (χ1) is 7.33. The topological polar surface area (TPSA) is 23.9 Å². The van der Waals surface area contributed by atoms with Crippen molar-refractivity contribution < 1.29 is 4.39 Å². The summed E-state index contributed by atoms with van der Waals surface area (Å²) in [6.07, 6.45) is 12.1. The van der Waals surface area contributed by atoms with Gasteiger partial charge in [0.05, 0.1) is 0 Å². The van der Waals surface area contributed by atoms with Crippen molar-refractivity contribution in [3.8, 4) is 0 Å². The van der Waals surface area contributed by atoms with Gasteiger partial charge in [0.15, 0.2) is 0 Å². The SMILES string of the molecule is N=CCCCCCCC1CCC(F)CC1. The van der Waals surface area contributed by atoms with Crippen molar-refractivity contribution in [3.63, 3.8) is 0 Å². The molecule has 0 bridgehead atoms. The Bertz CT molecular complexity index is 162. The van der Waals surface area contributed by atoms with Gasteiger partial charge in [-0.05, 0) is 50.7 Å². The standard InChI is InChI=1S/C13H24FN/c14-13-9-7-12(8-10-13)6-4-2-1-3-5-11-15/h11-13,15H,1-10H2. The Morgan fingerprint density at radius 2 is 1.67 bits per heavy atom. The van der Waals surface area contributed by atoms with Gasteiger partial charge in [-0.15, -0.1) is 0 Å². The number of nitrogens with one attached hydrogen (secondary N) is 1. The lowest BCUT2D eigenvalue weighted by atomic mass is 9.84. The minimum absolute atomic E-state index is 0.506. The second kappa shape index (κ2) is 7.84. The molecule has 88 valence electrons. The molecule has 1 aliphatic rings. The van der Waals surface area contributed by atoms with E-state index in [-0.39, 0.29) is 0 Å². The van der Waals surface area contributed by atoms with Gasteiger partial charge in [-0.2, -0.15) is 0 Å². The van der Waals surface area contributed by atoms with Crippen LogP contribution in [-0.4, -0.2) is 12.4 Å². The first-order valence-corrected chi connectivity index (χ1v) is 6.46. The van der Waals surface area contributed by atoms with Gasteiger partial charge >= 0.3 is 0 Å². The van der Waals surface area contributed by atoms with Crippen molar-refractivity contribution in [2.45, 2.75) is 70.4 Å². The van der Waals surface area contributed by atoms with Crippen LogP contribution in [-0.2, 0) is 0 Å². The molecule has 0 saturated heterocycles. The fourth-order valence-electron chi connectivity index (χ4n) is 2.44. The largest absolute Gasteiger partial charge is 0.313 e. The average molecular weight is 213 g/mol. The number of hydrogen-bond donors (Lipinski definition) is 1. The zero-order valence-corrected chi connectivity index (χ0v) is 9.68. The van der Waals surface area contributed by atoms with Gasteiger partial charge in [-0.3, -0.25) is 0 Å². The van der Waals surface area contributed by atoms with Crippen LogP contribution in [0.25, 0.3) is 0 Å². The van der Waals surface area contributed by atoms with E-state index in [1.807, 2.05) is 0 Å². The van der Waals surface area contributed by atoms with Crippen LogP contribution in [0, 0.1) is 11.3 Å². The second-order valence-corrected chi connectivity index (χ2v) is 4.81. The summed E-state index contributed by atoms with van der Waals surface area (Å²) in [7, 11) is 0. The van der Waals surface area contributed by atoms with Crippen molar-refractivity contribution >= 4 is 6.21 Å². The number of unbranched alkanes of at least 4 members (excludes halogenated alkanes) is 4. The first-order valence-electron chi connectivity index (χ1n) is 6.46. The van der Waals surface area contributed by atoms with Crippen molar-refractivity contribution in [1.82, 2.24) is 0 Å². The molecule has 0 amide bonds. The van der Waals surface area contributed by atoms with Crippen LogP contribution in [0.4, 0.5) is 4.39 Å². The number of rotatable bonds is 7. The molecule has 1 saturated carbocycles. The molecule has 1 nitrogen and oxygen atoms in total. The van der Waals surface area contributed by atoms with Gasteiger partial charge in [0, 0.05) is 0 Å². The molecule has 15 heavy (non-hydrogen) atoms. The Labute approximate surface area is 93.0 Å². The molecule has 2 heteroatoms. The van der Waals surface area contributed by atoms with E-state index < -0.39 is 6.17 Å². The Hall–Kier alpha value is -0.400. The lowest BCUT2D eigenvalue weighted by molar-refractivity contribution is 0.199. The third kappa shape index (κ3) is 5.91. The van der Waals surface area contributed by atoms with E-state index >= 15 is 0 Å². The van der Waals surface area contributed by atoms with Crippen LogP contribution < -0.4 is 0 Å². The summed E-state index contributed by atoms with van der Waals surface area (Å²) in [6.45, 7) is 0. The van der Waals surface area contributed by atoms with Crippen LogP contribution in [0.3, 0.4) is 0 Å². The van der Waals surface area contributed by atoms with Gasteiger partial charge in [0.2, 0.25) is 0 Å². The highest BCUT2D eigenvalue weighted by atomic mass is 19.1. The van der Waals surface area contributed by atoms with Gasteiger partial charge < -0.3 is 5.41 Å². The van der Waals surface area contributed by atoms with Gasteiger partial charge in [0.25, 0.3) is 0 Å². The Balaban J connectivity index is 1.89. The highest BCUT2D eigenvalue weighted by molar-refractivity contribution is 5.52. The van der Waals surface area contributed by atoms with Crippen LogP contribution in [0.5, 0.6) is 0 Å². The minimum atomic E-state index is -0.506. The van der Waals surface area contributed by atoms with E-state index in [1.54, 1.807) is 0 Å². The quantitative estimate of drug-likeness (QED) is 0.475. The number of alkyl halides is 1. The number of halogens is 1. The normalized spacial score (nSPS) is 26.5. The molecule has 1 aliphatic carbocycles. The molecule has 1 N–H and O–H groups in total. The zero-order valence-electron chi connectivity index (χ0n) is 9.68. The molecule has 0 radical (unpaired) electrons. The maximum absolute atomic E-state index is 12.9. The lowest BCUT2D eigenvalue weighted by Crippen LogP contribution is -2.14. The summed E-state index contributed by atoms with van der Waals surface area (Å²) in [4.78, 5) is 0. The first kappa shape index (κ1) is 12.7. The third-order valence-corrected chi connectivity index (χ3v) is 3.49. The molecule has 0 atom stereocenters. The highest BCUT2D eigenvalue weighted by Crippen LogP contribution is 2.29. The van der Waals surface area contributed by atoms with Crippen molar-refractivity contribution in [1.29, 1.82) is 5.41 Å². The van der Waals surface area contributed by atoms with Crippen LogP contribution in [0.15, 0.2) is 0 Å². The van der Waals surface area contributed by atoms with E-state index in [1.165, 1.54) is 38.3 Å². The molecule has 0 aromatic rings. The third-order valence-electron chi connectivity index (χ3n) is 3.49. The Morgan fingerprint density at radius 1 is 1.00 bits per heavy atom. The van der Waals surface area contributed by atoms with E-state index in [9.17, 15) is 4.39 Å². The maximum atomic E-state index is 12.9. The summed E-state index contributed by atoms with van der Waals surface area (Å²) in [5.41, 5.74) is 0. The summed E-state index contributed by atoms with van der Waals surface area (Å²) in [6, 6.07) is 0. The molecular weight excluding hydrogens is 189 g/mol.